The Labute approximate surface area is 585 Å². The van der Waals surface area contributed by atoms with E-state index in [4.69, 9.17) is 52.1 Å². The third kappa shape index (κ3) is 24.3. The predicted octanol–water partition coefficient (Wildman–Crippen LogP) is 6.87. The molecule has 3 amide bonds. The highest BCUT2D eigenvalue weighted by Gasteiger charge is 2.37. The van der Waals surface area contributed by atoms with E-state index in [2.05, 4.69) is 67.1 Å². The van der Waals surface area contributed by atoms with Gasteiger partial charge in [-0.2, -0.15) is 29.9 Å². The quantitative estimate of drug-likeness (QED) is 0.0564. The number of nitrogens with zero attached hydrogens (tertiary/aromatic N) is 7. The minimum Gasteiger partial charge on any atom is -0.491 e. The number of fused-ring (bicyclic) bond motifs is 24. The van der Waals surface area contributed by atoms with Crippen LogP contribution >= 0.6 is 0 Å². The van der Waals surface area contributed by atoms with Gasteiger partial charge in [0.05, 0.1) is 77.2 Å². The standard InChI is InChI=1S/C37H49N7O10.C32H41N7O8/c1-5-51-35-42-33-38-22-24-8-11-27(12-9-24)52-19-17-49-15-16-50-18-20-53-29-21-26(39-34(41-33)43-35)10-13-28(29)31(45)40-30(32(46)47)25-7-6-14-44(23-25)36(48)54-37(2,3)4;1-2-45-32-38-30-34-19-21-5-8-24(9-6-21)46-16-14-43-12-13-44-15-17-47-26-18-23(35-31(37-30)39-32)7-10-25(26)28(40)36-27(29(41)42)22-4-3-11-33-20-22/h8-13,21,25,30H,5-7,14-20,22-23H2,1-4H3,(H,40,45)(H,46,47)(H2,38,39,41,42,43);5-10,18,22,27,33H,2-4,11-17,19-20H2,1H3,(H,36,40)(H,41,42)(H2,34,35,37,38,39). The average molecular weight is 1400 g/mol. The number of carboxylic acids is 2. The van der Waals surface area contributed by atoms with Gasteiger partial charge in [-0.3, -0.25) is 9.59 Å². The number of amides is 3. The number of carboxylic acid groups (broad SMARTS) is 2. The normalized spacial score (nSPS) is 18.0. The van der Waals surface area contributed by atoms with Crippen LogP contribution in [0.3, 0.4) is 0 Å². The van der Waals surface area contributed by atoms with Crippen LogP contribution in [-0.4, -0.2) is 211 Å². The Morgan fingerprint density at radius 3 is 1.40 bits per heavy atom. The lowest BCUT2D eigenvalue weighted by atomic mass is 9.90. The summed E-state index contributed by atoms with van der Waals surface area (Å²) in [6.07, 6.45) is 2.06. The lowest BCUT2D eigenvalue weighted by Crippen LogP contribution is -2.53. The smallest absolute Gasteiger partial charge is 0.410 e. The number of ether oxygens (including phenoxy) is 11. The van der Waals surface area contributed by atoms with Gasteiger partial charge in [-0.15, -0.1) is 0 Å². The van der Waals surface area contributed by atoms with Gasteiger partial charge in [0.2, 0.25) is 23.8 Å². The van der Waals surface area contributed by atoms with E-state index >= 15 is 0 Å². The van der Waals surface area contributed by atoms with E-state index in [1.807, 2.05) is 62.4 Å². The second-order valence-corrected chi connectivity index (χ2v) is 24.4. The van der Waals surface area contributed by atoms with Crippen LogP contribution in [0.15, 0.2) is 84.9 Å². The van der Waals surface area contributed by atoms with Gasteiger partial charge >= 0.3 is 30.1 Å². The highest BCUT2D eigenvalue weighted by Crippen LogP contribution is 2.31. The molecule has 9 N–H and O–H groups in total. The Bertz CT molecular complexity index is 3660. The molecule has 2 aromatic heterocycles. The monoisotopic (exact) mass is 1400 g/mol. The zero-order valence-electron chi connectivity index (χ0n) is 57.4. The highest BCUT2D eigenvalue weighted by molar-refractivity contribution is 6.00. The molecule has 0 radical (unpaired) electrons. The molecular weight excluding hydrogens is 1310 g/mol. The largest absolute Gasteiger partial charge is 0.491 e. The second-order valence-electron chi connectivity index (χ2n) is 24.4. The van der Waals surface area contributed by atoms with Crippen LogP contribution in [0, 0.1) is 11.8 Å². The van der Waals surface area contributed by atoms with Crippen LogP contribution in [0.25, 0.3) is 0 Å². The maximum atomic E-state index is 13.8. The second kappa shape index (κ2) is 38.4. The molecule has 544 valence electrons. The molecule has 32 heteroatoms. The molecule has 4 aromatic carbocycles. The lowest BCUT2D eigenvalue weighted by molar-refractivity contribution is -0.142. The van der Waals surface area contributed by atoms with Gasteiger partial charge in [0, 0.05) is 68.1 Å². The summed E-state index contributed by atoms with van der Waals surface area (Å²) >= 11 is 0. The Morgan fingerprint density at radius 1 is 0.545 bits per heavy atom. The van der Waals surface area contributed by atoms with Crippen molar-refractivity contribution < 1.29 is 86.3 Å². The van der Waals surface area contributed by atoms with E-state index in [0.29, 0.717) is 135 Å². The van der Waals surface area contributed by atoms with Crippen molar-refractivity contribution in [3.63, 3.8) is 0 Å². The first-order valence-corrected chi connectivity index (χ1v) is 33.8. The predicted molar refractivity (Wildman–Crippen MR) is 368 cm³/mol. The van der Waals surface area contributed by atoms with Crippen molar-refractivity contribution in [1.82, 2.24) is 50.8 Å². The van der Waals surface area contributed by atoms with Crippen molar-refractivity contribution in [2.45, 2.75) is 91.1 Å². The van der Waals surface area contributed by atoms with Crippen molar-refractivity contribution in [2.24, 2.45) is 11.8 Å². The molecule has 4 atom stereocenters. The molecule has 0 aliphatic carbocycles. The third-order valence-electron chi connectivity index (χ3n) is 15.7. The molecule has 6 aromatic rings. The van der Waals surface area contributed by atoms with Gasteiger partial charge in [0.25, 0.3) is 11.8 Å². The summed E-state index contributed by atoms with van der Waals surface area (Å²) in [4.78, 5) is 92.7. The SMILES string of the molecule is CCOc1nc2nc(n1)Nc1ccc(C(=O)NC(C(=O)O)C3CCCN(C(=O)OC(C)(C)C)C3)c(c1)OCCOCCOCCOc1ccc(cc1)CN2.CCOc1nc2nc(n1)Nc1ccc(C(=O)NC(C(=O)O)C3CCCNC3)c(c1)OCCOCCOCCOc1ccc(cc1)CN2. The van der Waals surface area contributed by atoms with Crippen LogP contribution in [-0.2, 0) is 46.4 Å². The van der Waals surface area contributed by atoms with Crippen molar-refractivity contribution in [3.05, 3.63) is 107 Å². The van der Waals surface area contributed by atoms with E-state index in [-0.39, 0.29) is 91.4 Å². The fraction of sp³-hybridized carbons (Fsp3) is 0.493. The maximum Gasteiger partial charge on any atom is 0.410 e. The Balaban J connectivity index is 0.000000237. The van der Waals surface area contributed by atoms with Crippen LogP contribution in [0.2, 0.25) is 0 Å². The van der Waals surface area contributed by atoms with Gasteiger partial charge < -0.3 is 104 Å². The zero-order valence-corrected chi connectivity index (χ0v) is 57.4. The minimum atomic E-state index is -1.28. The molecule has 4 unspecified atom stereocenters. The molecule has 2 saturated heterocycles. The van der Waals surface area contributed by atoms with Crippen LogP contribution in [0.1, 0.15) is 92.1 Å². The number of hydrogen-bond donors (Lipinski definition) is 9. The van der Waals surface area contributed by atoms with Gasteiger partial charge in [-0.1, -0.05) is 24.3 Å². The summed E-state index contributed by atoms with van der Waals surface area (Å²) in [6.45, 7) is 15.9. The summed E-state index contributed by atoms with van der Waals surface area (Å²) in [5.74, 6) is -1.53. The van der Waals surface area contributed by atoms with Gasteiger partial charge in [0.1, 0.15) is 67.1 Å². The molecular formula is C69H90N14O18. The fourth-order valence-electron chi connectivity index (χ4n) is 10.9. The van der Waals surface area contributed by atoms with Crippen molar-refractivity contribution in [2.75, 3.05) is 140 Å². The van der Waals surface area contributed by atoms with Gasteiger partial charge in [0.15, 0.2) is 0 Å². The number of hydrogen-bond acceptors (Lipinski definition) is 27. The minimum absolute atomic E-state index is 0.0762. The number of nitrogens with one attached hydrogen (secondary N) is 7. The fourth-order valence-corrected chi connectivity index (χ4v) is 10.9. The van der Waals surface area contributed by atoms with E-state index < -0.39 is 53.4 Å². The molecule has 8 heterocycles. The first kappa shape index (κ1) is 75.1. The first-order valence-electron chi connectivity index (χ1n) is 33.8. The van der Waals surface area contributed by atoms with Crippen molar-refractivity contribution >= 4 is 65.0 Å². The Hall–Kier alpha value is -10.2. The number of benzene rings is 4. The summed E-state index contributed by atoms with van der Waals surface area (Å²) in [6, 6.07) is 22.8. The molecule has 12 bridgehead atoms. The molecule has 6 aliphatic rings. The Kier molecular flexibility index (Phi) is 28.6. The molecule has 12 rings (SSSR count). The number of aromatic nitrogens is 6. The Morgan fingerprint density at radius 2 is 0.970 bits per heavy atom. The molecule has 2 fully saturated rings. The number of likely N-dealkylation sites (tertiary alicyclic amines) is 1. The molecule has 101 heavy (non-hydrogen) atoms. The molecule has 0 saturated carbocycles. The topological polar surface area (TPSA) is 392 Å². The molecule has 6 aliphatic heterocycles. The van der Waals surface area contributed by atoms with Crippen LogP contribution < -0.4 is 65.6 Å². The van der Waals surface area contributed by atoms with Crippen LogP contribution in [0.5, 0.6) is 35.0 Å². The van der Waals surface area contributed by atoms with Crippen molar-refractivity contribution in [3.8, 4) is 35.0 Å². The number of aliphatic carboxylic acids is 2. The number of rotatable bonds is 12. The van der Waals surface area contributed by atoms with E-state index in [9.17, 15) is 34.2 Å². The van der Waals surface area contributed by atoms with E-state index in [0.717, 1.165) is 29.8 Å². The highest BCUT2D eigenvalue weighted by atomic mass is 16.6. The van der Waals surface area contributed by atoms with Crippen molar-refractivity contribution in [1.29, 1.82) is 0 Å². The maximum absolute atomic E-state index is 13.8. The van der Waals surface area contributed by atoms with E-state index in [1.165, 1.54) is 11.0 Å². The first-order chi connectivity index (χ1) is 48.9. The molecule has 0 spiro atoms. The van der Waals surface area contributed by atoms with Gasteiger partial charge in [-0.05, 0) is 127 Å². The zero-order chi connectivity index (χ0) is 71.4. The van der Waals surface area contributed by atoms with Gasteiger partial charge in [-0.25, -0.2) is 14.4 Å². The third-order valence-corrected chi connectivity index (χ3v) is 15.7. The summed E-state index contributed by atoms with van der Waals surface area (Å²) in [5.41, 5.74) is 2.51. The number of piperidine rings is 2. The number of carbonyl (C=O) groups excluding carboxylic acids is 3. The average Bonchev–Trinajstić information content (AvgIpc) is 0.896. The van der Waals surface area contributed by atoms with E-state index in [1.54, 1.807) is 51.1 Å². The molecule has 32 nitrogen and oxygen atoms in total. The number of carbonyl (C=O) groups is 5. The summed E-state index contributed by atoms with van der Waals surface area (Å²) in [7, 11) is 0. The summed E-state index contributed by atoms with van der Waals surface area (Å²) < 4.78 is 62.8. The van der Waals surface area contributed by atoms with Crippen LogP contribution in [0.4, 0.5) is 40.0 Å². The summed E-state index contributed by atoms with van der Waals surface area (Å²) in [5, 5.41) is 41.4. The number of anilines is 6. The lowest BCUT2D eigenvalue weighted by Gasteiger charge is -2.36.